The maximum absolute atomic E-state index is 12.6. The van der Waals surface area contributed by atoms with Gasteiger partial charge in [0.05, 0.1) is 0 Å². The SMILES string of the molecule is COCNc1nc(N)c(C(=O)c2ccc3c(c2)OCCO3)s1. The van der Waals surface area contributed by atoms with Crippen LogP contribution in [0.2, 0.25) is 0 Å². The summed E-state index contributed by atoms with van der Waals surface area (Å²) in [4.78, 5) is 17.1. The highest BCUT2D eigenvalue weighted by Gasteiger charge is 2.20. The molecule has 8 heteroatoms. The molecule has 1 aromatic carbocycles. The van der Waals surface area contributed by atoms with E-state index in [2.05, 4.69) is 10.3 Å². The molecular weight excluding hydrogens is 306 g/mol. The first-order chi connectivity index (χ1) is 10.7. The van der Waals surface area contributed by atoms with E-state index < -0.39 is 0 Å². The fraction of sp³-hybridized carbons (Fsp3) is 0.286. The number of nitrogens with two attached hydrogens (primary N) is 1. The van der Waals surface area contributed by atoms with Crippen molar-refractivity contribution < 1.29 is 19.0 Å². The van der Waals surface area contributed by atoms with E-state index in [0.717, 1.165) is 0 Å². The lowest BCUT2D eigenvalue weighted by Crippen LogP contribution is -2.15. The fourth-order valence-electron chi connectivity index (χ4n) is 2.02. The second-order valence-corrected chi connectivity index (χ2v) is 5.53. The minimum atomic E-state index is -0.197. The van der Waals surface area contributed by atoms with Crippen molar-refractivity contribution in [2.24, 2.45) is 0 Å². The Balaban J connectivity index is 1.86. The predicted molar refractivity (Wildman–Crippen MR) is 82.9 cm³/mol. The minimum absolute atomic E-state index is 0.197. The summed E-state index contributed by atoms with van der Waals surface area (Å²) in [5.41, 5.74) is 6.32. The fourth-order valence-corrected chi connectivity index (χ4v) is 2.85. The molecule has 0 fully saturated rings. The molecule has 1 aliphatic heterocycles. The summed E-state index contributed by atoms with van der Waals surface area (Å²) < 4.78 is 15.8. The van der Waals surface area contributed by atoms with Gasteiger partial charge in [-0.1, -0.05) is 11.3 Å². The van der Waals surface area contributed by atoms with Gasteiger partial charge in [0, 0.05) is 12.7 Å². The monoisotopic (exact) mass is 321 g/mol. The van der Waals surface area contributed by atoms with E-state index >= 15 is 0 Å². The van der Waals surface area contributed by atoms with Crippen LogP contribution in [0.4, 0.5) is 10.9 Å². The summed E-state index contributed by atoms with van der Waals surface area (Å²) in [7, 11) is 1.56. The number of rotatable bonds is 5. The average molecular weight is 321 g/mol. The number of nitrogens with one attached hydrogen (secondary N) is 1. The molecule has 0 bridgehead atoms. The molecule has 0 atom stereocenters. The van der Waals surface area contributed by atoms with Gasteiger partial charge in [0.1, 0.15) is 30.6 Å². The highest BCUT2D eigenvalue weighted by Crippen LogP contribution is 2.33. The highest BCUT2D eigenvalue weighted by molar-refractivity contribution is 7.18. The van der Waals surface area contributed by atoms with E-state index in [9.17, 15) is 4.79 Å². The molecule has 0 saturated carbocycles. The number of carbonyl (C=O) groups excluding carboxylic acids is 1. The van der Waals surface area contributed by atoms with E-state index in [4.69, 9.17) is 19.9 Å². The summed E-state index contributed by atoms with van der Waals surface area (Å²) in [5, 5.41) is 3.46. The van der Waals surface area contributed by atoms with Crippen LogP contribution in [0.3, 0.4) is 0 Å². The molecule has 0 spiro atoms. The standard InChI is InChI=1S/C14H15N3O4S/c1-19-7-16-14-17-13(15)12(22-14)11(18)8-2-3-9-10(6-8)21-5-4-20-9/h2-3,6H,4-5,7,15H2,1H3,(H,16,17). The quantitative estimate of drug-likeness (QED) is 0.639. The van der Waals surface area contributed by atoms with Gasteiger partial charge in [-0.15, -0.1) is 0 Å². The molecule has 7 nitrogen and oxygen atoms in total. The van der Waals surface area contributed by atoms with Gasteiger partial charge in [-0.3, -0.25) is 4.79 Å². The summed E-state index contributed by atoms with van der Waals surface area (Å²) >= 11 is 1.19. The summed E-state index contributed by atoms with van der Waals surface area (Å²) in [6.07, 6.45) is 0. The number of methoxy groups -OCH3 is 1. The first kappa shape index (κ1) is 14.6. The number of ether oxygens (including phenoxy) is 3. The molecule has 0 radical (unpaired) electrons. The smallest absolute Gasteiger partial charge is 0.206 e. The number of hydrogen-bond donors (Lipinski definition) is 2. The number of nitrogen functional groups attached to an aromatic ring is 1. The van der Waals surface area contributed by atoms with Gasteiger partial charge < -0.3 is 25.3 Å². The molecule has 0 amide bonds. The maximum Gasteiger partial charge on any atom is 0.206 e. The van der Waals surface area contributed by atoms with Gasteiger partial charge >= 0.3 is 0 Å². The van der Waals surface area contributed by atoms with Crippen molar-refractivity contribution in [2.45, 2.75) is 0 Å². The number of aromatic nitrogens is 1. The van der Waals surface area contributed by atoms with Gasteiger partial charge in [-0.2, -0.15) is 0 Å². The van der Waals surface area contributed by atoms with Crippen LogP contribution in [-0.2, 0) is 4.74 Å². The minimum Gasteiger partial charge on any atom is -0.486 e. The molecule has 0 saturated heterocycles. The van der Waals surface area contributed by atoms with Crippen molar-refractivity contribution in [2.75, 3.05) is 38.1 Å². The van der Waals surface area contributed by atoms with E-state index in [1.54, 1.807) is 25.3 Å². The number of thiazole rings is 1. The highest BCUT2D eigenvalue weighted by atomic mass is 32.1. The molecule has 116 valence electrons. The van der Waals surface area contributed by atoms with Gasteiger partial charge in [-0.05, 0) is 18.2 Å². The van der Waals surface area contributed by atoms with Crippen molar-refractivity contribution in [1.29, 1.82) is 0 Å². The molecule has 2 aromatic rings. The molecule has 1 aromatic heterocycles. The lowest BCUT2D eigenvalue weighted by Gasteiger charge is -2.18. The van der Waals surface area contributed by atoms with Gasteiger partial charge in [0.25, 0.3) is 0 Å². The zero-order valence-electron chi connectivity index (χ0n) is 11.9. The van der Waals surface area contributed by atoms with Crippen LogP contribution in [0.1, 0.15) is 15.2 Å². The summed E-state index contributed by atoms with van der Waals surface area (Å²) in [6, 6.07) is 5.08. The average Bonchev–Trinajstić information content (AvgIpc) is 2.92. The zero-order chi connectivity index (χ0) is 15.5. The number of nitrogens with zero attached hydrogens (tertiary/aromatic N) is 1. The summed E-state index contributed by atoms with van der Waals surface area (Å²) in [5.74, 6) is 1.21. The van der Waals surface area contributed by atoms with Crippen LogP contribution in [0.15, 0.2) is 18.2 Å². The van der Waals surface area contributed by atoms with Crippen molar-refractivity contribution in [3.63, 3.8) is 0 Å². The Kier molecular flexibility index (Phi) is 4.12. The third-order valence-electron chi connectivity index (χ3n) is 3.03. The van der Waals surface area contributed by atoms with E-state index in [1.807, 2.05) is 0 Å². The lowest BCUT2D eigenvalue weighted by molar-refractivity contribution is 0.104. The number of anilines is 2. The molecule has 22 heavy (non-hydrogen) atoms. The number of fused-ring (bicyclic) bond motifs is 1. The maximum atomic E-state index is 12.6. The molecule has 3 rings (SSSR count). The van der Waals surface area contributed by atoms with Gasteiger partial charge in [-0.25, -0.2) is 4.98 Å². The first-order valence-electron chi connectivity index (χ1n) is 6.62. The first-order valence-corrected chi connectivity index (χ1v) is 7.44. The molecule has 0 aliphatic carbocycles. The Morgan fingerprint density at radius 3 is 2.95 bits per heavy atom. The van der Waals surface area contributed by atoms with Crippen molar-refractivity contribution >= 4 is 28.1 Å². The topological polar surface area (TPSA) is 95.7 Å². The van der Waals surface area contributed by atoms with Crippen LogP contribution in [0.25, 0.3) is 0 Å². The zero-order valence-corrected chi connectivity index (χ0v) is 12.7. The predicted octanol–water partition coefficient (Wildman–Crippen LogP) is 1.74. The van der Waals surface area contributed by atoms with Crippen LogP contribution >= 0.6 is 11.3 Å². The molecule has 0 unspecified atom stereocenters. The Morgan fingerprint density at radius 2 is 2.18 bits per heavy atom. The Morgan fingerprint density at radius 1 is 1.41 bits per heavy atom. The Hall–Kier alpha value is -2.32. The van der Waals surface area contributed by atoms with Crippen LogP contribution in [0.5, 0.6) is 11.5 Å². The third-order valence-corrected chi connectivity index (χ3v) is 4.06. The number of carbonyl (C=O) groups is 1. The van der Waals surface area contributed by atoms with Gasteiger partial charge in [0.15, 0.2) is 16.6 Å². The number of benzene rings is 1. The van der Waals surface area contributed by atoms with Crippen LogP contribution in [-0.4, -0.2) is 37.8 Å². The molecule has 2 heterocycles. The number of hydrogen-bond acceptors (Lipinski definition) is 8. The Bertz CT molecular complexity index is 701. The second-order valence-electron chi connectivity index (χ2n) is 4.53. The molecule has 1 aliphatic rings. The van der Waals surface area contributed by atoms with Gasteiger partial charge in [0.2, 0.25) is 5.78 Å². The second kappa shape index (κ2) is 6.20. The van der Waals surface area contributed by atoms with Crippen molar-refractivity contribution in [3.05, 3.63) is 28.6 Å². The van der Waals surface area contributed by atoms with E-state index in [-0.39, 0.29) is 11.6 Å². The normalized spacial score (nSPS) is 13.0. The van der Waals surface area contributed by atoms with Crippen LogP contribution < -0.4 is 20.5 Å². The summed E-state index contributed by atoms with van der Waals surface area (Å²) in [6.45, 7) is 1.28. The van der Waals surface area contributed by atoms with E-state index in [1.165, 1.54) is 11.3 Å². The Labute approximate surface area is 131 Å². The van der Waals surface area contributed by atoms with Crippen molar-refractivity contribution in [1.82, 2.24) is 4.98 Å². The molecule has 3 N–H and O–H groups in total. The van der Waals surface area contributed by atoms with Crippen molar-refractivity contribution in [3.8, 4) is 11.5 Å². The third kappa shape index (κ3) is 2.83. The largest absolute Gasteiger partial charge is 0.486 e. The van der Waals surface area contributed by atoms with E-state index in [0.29, 0.717) is 47.0 Å². The number of ketones is 1. The van der Waals surface area contributed by atoms with Crippen LogP contribution in [0, 0.1) is 0 Å². The molecular formula is C14H15N3O4S. The lowest BCUT2D eigenvalue weighted by atomic mass is 10.1.